The smallest absolute Gasteiger partial charge is 0.227 e. The van der Waals surface area contributed by atoms with Crippen molar-refractivity contribution in [3.8, 4) is 0 Å². The highest BCUT2D eigenvalue weighted by atomic mass is 19.1. The normalized spacial score (nSPS) is 24.6. The standard InChI is InChI=1S/C21H24FNO2/c1-14-9-18(22)6-7-20(14)23(13-19-3-2-8-25-19)21(24)12-17-11-15-4-5-16(17)10-15/h2-3,6-9,15-17H,4-5,10-13H2,1H3. The summed E-state index contributed by atoms with van der Waals surface area (Å²) < 4.78 is 18.9. The van der Waals surface area contributed by atoms with Gasteiger partial charge in [0.15, 0.2) is 0 Å². The lowest BCUT2D eigenvalue weighted by Crippen LogP contribution is -2.33. The number of furan rings is 1. The molecule has 0 spiro atoms. The van der Waals surface area contributed by atoms with Gasteiger partial charge in [-0.2, -0.15) is 0 Å². The molecule has 0 radical (unpaired) electrons. The second-order valence-corrected chi connectivity index (χ2v) is 7.63. The molecule has 2 aromatic rings. The summed E-state index contributed by atoms with van der Waals surface area (Å²) in [6, 6.07) is 8.30. The Kier molecular flexibility index (Phi) is 4.36. The monoisotopic (exact) mass is 341 g/mol. The molecule has 1 amide bonds. The number of carbonyl (C=O) groups excluding carboxylic acids is 1. The number of hydrogen-bond donors (Lipinski definition) is 0. The zero-order chi connectivity index (χ0) is 17.4. The number of halogens is 1. The first kappa shape index (κ1) is 16.4. The van der Waals surface area contributed by atoms with Gasteiger partial charge in [0.25, 0.3) is 0 Å². The molecule has 0 saturated heterocycles. The number of carbonyl (C=O) groups is 1. The van der Waals surface area contributed by atoms with Crippen LogP contribution in [0.2, 0.25) is 0 Å². The summed E-state index contributed by atoms with van der Waals surface area (Å²) in [5.74, 6) is 2.63. The molecular formula is C21H24FNO2. The van der Waals surface area contributed by atoms with Gasteiger partial charge in [0, 0.05) is 12.1 Å². The van der Waals surface area contributed by atoms with Crippen LogP contribution in [0.15, 0.2) is 41.0 Å². The number of aryl methyl sites for hydroxylation is 1. The Labute approximate surface area is 147 Å². The first-order valence-corrected chi connectivity index (χ1v) is 9.19. The van der Waals surface area contributed by atoms with Crippen LogP contribution in [0.3, 0.4) is 0 Å². The number of rotatable bonds is 5. The Hall–Kier alpha value is -2.10. The van der Waals surface area contributed by atoms with Crippen molar-refractivity contribution in [3.05, 3.63) is 53.7 Å². The molecule has 3 unspecified atom stereocenters. The van der Waals surface area contributed by atoms with Crippen molar-refractivity contribution in [2.75, 3.05) is 4.90 Å². The molecule has 132 valence electrons. The van der Waals surface area contributed by atoms with E-state index in [1.807, 2.05) is 19.1 Å². The number of nitrogens with zero attached hydrogens (tertiary/aromatic N) is 1. The molecule has 2 fully saturated rings. The molecule has 25 heavy (non-hydrogen) atoms. The van der Waals surface area contributed by atoms with Crippen LogP contribution in [0.1, 0.15) is 43.4 Å². The number of fused-ring (bicyclic) bond motifs is 2. The first-order chi connectivity index (χ1) is 12.1. The van der Waals surface area contributed by atoms with Crippen molar-refractivity contribution in [2.24, 2.45) is 17.8 Å². The van der Waals surface area contributed by atoms with Gasteiger partial charge in [-0.1, -0.05) is 6.42 Å². The van der Waals surface area contributed by atoms with Crippen LogP contribution in [0.5, 0.6) is 0 Å². The van der Waals surface area contributed by atoms with Crippen LogP contribution < -0.4 is 4.90 Å². The molecule has 4 heteroatoms. The lowest BCUT2D eigenvalue weighted by molar-refractivity contribution is -0.120. The van der Waals surface area contributed by atoms with Crippen LogP contribution in [0, 0.1) is 30.5 Å². The SMILES string of the molecule is Cc1cc(F)ccc1N(Cc1ccco1)C(=O)CC1CC2CCC1C2. The Bertz CT molecular complexity index is 755. The van der Waals surface area contributed by atoms with Crippen LogP contribution in [-0.4, -0.2) is 5.91 Å². The largest absolute Gasteiger partial charge is 0.467 e. The third kappa shape index (κ3) is 3.35. The summed E-state index contributed by atoms with van der Waals surface area (Å²) in [5, 5.41) is 0. The van der Waals surface area contributed by atoms with Gasteiger partial charge in [-0.3, -0.25) is 4.79 Å². The number of benzene rings is 1. The highest BCUT2D eigenvalue weighted by Gasteiger charge is 2.40. The average Bonchev–Trinajstić information content (AvgIpc) is 3.31. The van der Waals surface area contributed by atoms with Gasteiger partial charge in [-0.25, -0.2) is 4.39 Å². The fourth-order valence-electron chi connectivity index (χ4n) is 4.75. The summed E-state index contributed by atoms with van der Waals surface area (Å²) in [6.07, 6.45) is 7.29. The maximum Gasteiger partial charge on any atom is 0.227 e. The number of anilines is 1. The van der Waals surface area contributed by atoms with E-state index in [4.69, 9.17) is 4.42 Å². The highest BCUT2D eigenvalue weighted by Crippen LogP contribution is 2.49. The van der Waals surface area contributed by atoms with E-state index in [9.17, 15) is 9.18 Å². The molecule has 1 aromatic carbocycles. The minimum Gasteiger partial charge on any atom is -0.467 e. The molecule has 2 bridgehead atoms. The predicted molar refractivity (Wildman–Crippen MR) is 94.6 cm³/mol. The summed E-state index contributed by atoms with van der Waals surface area (Å²) in [6.45, 7) is 2.23. The van der Waals surface area contributed by atoms with E-state index in [1.165, 1.54) is 37.8 Å². The molecule has 0 aliphatic heterocycles. The van der Waals surface area contributed by atoms with Crippen LogP contribution in [0.4, 0.5) is 10.1 Å². The van der Waals surface area contributed by atoms with Gasteiger partial charge in [0.05, 0.1) is 12.8 Å². The Morgan fingerprint density at radius 1 is 1.28 bits per heavy atom. The minimum absolute atomic E-state index is 0.114. The second-order valence-electron chi connectivity index (χ2n) is 7.63. The highest BCUT2D eigenvalue weighted by molar-refractivity contribution is 5.94. The molecule has 1 aromatic heterocycles. The van der Waals surface area contributed by atoms with Gasteiger partial charge in [-0.15, -0.1) is 0 Å². The van der Waals surface area contributed by atoms with E-state index in [0.29, 0.717) is 24.8 Å². The van der Waals surface area contributed by atoms with E-state index in [-0.39, 0.29) is 11.7 Å². The fourth-order valence-corrected chi connectivity index (χ4v) is 4.75. The molecule has 2 saturated carbocycles. The number of amides is 1. The Morgan fingerprint density at radius 2 is 2.16 bits per heavy atom. The van der Waals surface area contributed by atoms with Crippen LogP contribution in [0.25, 0.3) is 0 Å². The van der Waals surface area contributed by atoms with E-state index in [2.05, 4.69) is 0 Å². The third-order valence-electron chi connectivity index (χ3n) is 5.97. The van der Waals surface area contributed by atoms with Gasteiger partial charge in [0.2, 0.25) is 5.91 Å². The topological polar surface area (TPSA) is 33.5 Å². The molecule has 2 aliphatic carbocycles. The summed E-state index contributed by atoms with van der Waals surface area (Å²) in [7, 11) is 0. The molecule has 1 heterocycles. The molecule has 4 rings (SSSR count). The quantitative estimate of drug-likeness (QED) is 0.759. The summed E-state index contributed by atoms with van der Waals surface area (Å²) in [4.78, 5) is 14.9. The van der Waals surface area contributed by atoms with Gasteiger partial charge in [0.1, 0.15) is 11.6 Å². The van der Waals surface area contributed by atoms with Gasteiger partial charge in [-0.05, 0) is 79.8 Å². The molecular weight excluding hydrogens is 317 g/mol. The maximum atomic E-state index is 13.5. The van der Waals surface area contributed by atoms with E-state index < -0.39 is 0 Å². The molecule has 3 atom stereocenters. The van der Waals surface area contributed by atoms with Crippen LogP contribution >= 0.6 is 0 Å². The van der Waals surface area contributed by atoms with Gasteiger partial charge >= 0.3 is 0 Å². The second kappa shape index (κ2) is 6.66. The summed E-state index contributed by atoms with van der Waals surface area (Å²) in [5.41, 5.74) is 1.54. The van der Waals surface area contributed by atoms with Crippen molar-refractivity contribution in [2.45, 2.75) is 45.6 Å². The molecule has 2 aliphatic rings. The number of hydrogen-bond acceptors (Lipinski definition) is 2. The molecule has 3 nitrogen and oxygen atoms in total. The van der Waals surface area contributed by atoms with E-state index >= 15 is 0 Å². The third-order valence-corrected chi connectivity index (χ3v) is 5.97. The van der Waals surface area contributed by atoms with Crippen molar-refractivity contribution >= 4 is 11.6 Å². The van der Waals surface area contributed by atoms with Gasteiger partial charge < -0.3 is 9.32 Å². The molecule has 0 N–H and O–H groups in total. The maximum absolute atomic E-state index is 13.5. The zero-order valence-corrected chi connectivity index (χ0v) is 14.6. The Balaban J connectivity index is 1.57. The summed E-state index contributed by atoms with van der Waals surface area (Å²) >= 11 is 0. The van der Waals surface area contributed by atoms with Crippen molar-refractivity contribution in [1.82, 2.24) is 0 Å². The van der Waals surface area contributed by atoms with Crippen molar-refractivity contribution in [3.63, 3.8) is 0 Å². The van der Waals surface area contributed by atoms with E-state index in [1.54, 1.807) is 17.2 Å². The van der Waals surface area contributed by atoms with Crippen LogP contribution in [-0.2, 0) is 11.3 Å². The minimum atomic E-state index is -0.278. The zero-order valence-electron chi connectivity index (χ0n) is 14.6. The fraction of sp³-hybridized carbons (Fsp3) is 0.476. The van der Waals surface area contributed by atoms with Crippen molar-refractivity contribution < 1.29 is 13.6 Å². The first-order valence-electron chi connectivity index (χ1n) is 9.19. The Morgan fingerprint density at radius 3 is 2.80 bits per heavy atom. The lowest BCUT2D eigenvalue weighted by atomic mass is 9.86. The predicted octanol–water partition coefficient (Wildman–Crippen LogP) is 5.09. The van der Waals surface area contributed by atoms with E-state index in [0.717, 1.165) is 22.9 Å². The lowest BCUT2D eigenvalue weighted by Gasteiger charge is -2.27. The average molecular weight is 341 g/mol. The van der Waals surface area contributed by atoms with Crippen molar-refractivity contribution in [1.29, 1.82) is 0 Å².